The minimum absolute atomic E-state index is 0.296. The molecule has 4 aromatic rings. The van der Waals surface area contributed by atoms with Crippen LogP contribution in [-0.2, 0) is 0 Å². The lowest BCUT2D eigenvalue weighted by Crippen LogP contribution is -1.74. The van der Waals surface area contributed by atoms with Gasteiger partial charge in [-0.05, 0) is 29.5 Å². The molecule has 96 valence electrons. The number of hydrogen-bond donors (Lipinski definition) is 1. The highest BCUT2D eigenvalue weighted by Gasteiger charge is 2.23. The molecule has 0 atom stereocenters. The normalized spacial score (nSPS) is 11.2. The fourth-order valence-electron chi connectivity index (χ4n) is 2.39. The van der Waals surface area contributed by atoms with Gasteiger partial charge < -0.3 is 5.11 Å². The second kappa shape index (κ2) is 4.32. The first-order valence-corrected chi connectivity index (χ1v) is 7.17. The monoisotopic (exact) mass is 279 g/mol. The summed E-state index contributed by atoms with van der Waals surface area (Å²) in [7, 11) is 0. The standard InChI is InChI=1S/C17H10O2S/c18-14-10-15-16(13-9-5-4-8-12(13)14)19-17(20-15)11-6-2-1-3-7-11/h1-10H/p+1. The maximum absolute atomic E-state index is 10.1. The van der Waals surface area contributed by atoms with Gasteiger partial charge in [0, 0.05) is 11.5 Å². The molecule has 0 spiro atoms. The average Bonchev–Trinajstić information content (AvgIpc) is 2.93. The van der Waals surface area contributed by atoms with Gasteiger partial charge in [-0.2, -0.15) is 4.42 Å². The van der Waals surface area contributed by atoms with Crippen molar-refractivity contribution in [2.45, 2.75) is 0 Å². The molecule has 0 saturated heterocycles. The predicted molar refractivity (Wildman–Crippen MR) is 83.1 cm³/mol. The van der Waals surface area contributed by atoms with Gasteiger partial charge >= 0.3 is 10.7 Å². The fourth-order valence-corrected chi connectivity index (χ4v) is 3.38. The van der Waals surface area contributed by atoms with E-state index in [4.69, 9.17) is 4.42 Å². The maximum Gasteiger partial charge on any atom is 0.418 e. The van der Waals surface area contributed by atoms with Gasteiger partial charge in [-0.1, -0.05) is 36.4 Å². The zero-order chi connectivity index (χ0) is 13.5. The topological polar surface area (TPSA) is 31.5 Å². The van der Waals surface area contributed by atoms with Gasteiger partial charge in [0.05, 0.1) is 10.9 Å². The molecule has 0 saturated carbocycles. The Morgan fingerprint density at radius 3 is 2.35 bits per heavy atom. The van der Waals surface area contributed by atoms with Gasteiger partial charge in [-0.25, -0.2) is 0 Å². The summed E-state index contributed by atoms with van der Waals surface area (Å²) >= 11 is 1.55. The molecule has 2 nitrogen and oxygen atoms in total. The second-order valence-corrected chi connectivity index (χ2v) is 5.64. The van der Waals surface area contributed by atoms with Crippen LogP contribution in [-0.4, -0.2) is 5.11 Å². The molecule has 0 amide bonds. The average molecular weight is 279 g/mol. The molecule has 20 heavy (non-hydrogen) atoms. The number of hydrogen-bond acceptors (Lipinski definition) is 2. The summed E-state index contributed by atoms with van der Waals surface area (Å²) in [6.45, 7) is 0. The summed E-state index contributed by atoms with van der Waals surface area (Å²) in [6.07, 6.45) is 0. The molecular formula is C17H11O2S+. The highest BCUT2D eigenvalue weighted by atomic mass is 32.1. The molecule has 3 aromatic carbocycles. The van der Waals surface area contributed by atoms with Gasteiger partial charge in [0.1, 0.15) is 10.4 Å². The van der Waals surface area contributed by atoms with Crippen LogP contribution in [0.25, 0.3) is 31.7 Å². The molecule has 3 heteroatoms. The quantitative estimate of drug-likeness (QED) is 0.479. The lowest BCUT2D eigenvalue weighted by molar-refractivity contribution is 0.482. The first-order valence-electron chi connectivity index (χ1n) is 6.36. The van der Waals surface area contributed by atoms with Crippen LogP contribution in [0.4, 0.5) is 0 Å². The minimum atomic E-state index is 0.296. The SMILES string of the molecule is Oc1cc2sc(-c3ccccc3)[o+]c2c2ccccc12. The molecule has 4 rings (SSSR count). The molecule has 0 bridgehead atoms. The zero-order valence-corrected chi connectivity index (χ0v) is 11.4. The third-order valence-corrected chi connectivity index (χ3v) is 4.37. The Morgan fingerprint density at radius 2 is 1.55 bits per heavy atom. The van der Waals surface area contributed by atoms with Crippen molar-refractivity contribution in [2.24, 2.45) is 0 Å². The van der Waals surface area contributed by atoms with Crippen molar-refractivity contribution >= 4 is 32.4 Å². The summed E-state index contributed by atoms with van der Waals surface area (Å²) in [4.78, 5) is 0. The number of rotatable bonds is 1. The van der Waals surface area contributed by atoms with Crippen molar-refractivity contribution in [3.8, 4) is 16.4 Å². The maximum atomic E-state index is 10.1. The smallest absolute Gasteiger partial charge is 0.418 e. The van der Waals surface area contributed by atoms with E-state index in [1.807, 2.05) is 54.6 Å². The zero-order valence-electron chi connectivity index (χ0n) is 10.5. The Labute approximate surface area is 119 Å². The van der Waals surface area contributed by atoms with E-state index < -0.39 is 0 Å². The van der Waals surface area contributed by atoms with Crippen molar-refractivity contribution < 1.29 is 9.52 Å². The van der Waals surface area contributed by atoms with Crippen LogP contribution < -0.4 is 0 Å². The molecular weight excluding hydrogens is 268 g/mol. The molecule has 1 N–H and O–H groups in total. The molecule has 0 radical (unpaired) electrons. The lowest BCUT2D eigenvalue weighted by atomic mass is 10.1. The number of fused-ring (bicyclic) bond motifs is 3. The summed E-state index contributed by atoms with van der Waals surface area (Å²) in [5, 5.41) is 12.7. The highest BCUT2D eigenvalue weighted by molar-refractivity contribution is 7.21. The molecule has 0 aliphatic heterocycles. The molecule has 0 fully saturated rings. The van der Waals surface area contributed by atoms with E-state index in [1.54, 1.807) is 17.4 Å². The summed E-state index contributed by atoms with van der Waals surface area (Å²) in [5.41, 5.74) is 1.89. The Morgan fingerprint density at radius 1 is 0.850 bits per heavy atom. The number of aromatic hydroxyl groups is 1. The fraction of sp³-hybridized carbons (Fsp3) is 0. The van der Waals surface area contributed by atoms with Crippen LogP contribution in [0, 0.1) is 0 Å². The molecule has 0 aliphatic rings. The van der Waals surface area contributed by atoms with Crippen molar-refractivity contribution in [2.75, 3.05) is 0 Å². The van der Waals surface area contributed by atoms with Crippen molar-refractivity contribution in [3.05, 3.63) is 60.7 Å². The predicted octanol–water partition coefficient (Wildman–Crippen LogP) is 5.30. The van der Waals surface area contributed by atoms with Gasteiger partial charge in [0.2, 0.25) is 0 Å². The largest absolute Gasteiger partial charge is 0.507 e. The summed E-state index contributed by atoms with van der Waals surface area (Å²) in [5.74, 6) is 0.296. The molecule has 0 unspecified atom stereocenters. The molecule has 1 heterocycles. The van der Waals surface area contributed by atoms with E-state index in [9.17, 15) is 5.11 Å². The third kappa shape index (κ3) is 1.67. The van der Waals surface area contributed by atoms with E-state index in [0.717, 1.165) is 31.7 Å². The summed E-state index contributed by atoms with van der Waals surface area (Å²) in [6, 6.07) is 19.5. The van der Waals surface area contributed by atoms with E-state index >= 15 is 0 Å². The number of phenolic OH excluding ortho intramolecular Hbond substituents is 1. The highest BCUT2D eigenvalue weighted by Crippen LogP contribution is 2.40. The Hall–Kier alpha value is -2.39. The molecule has 0 aliphatic carbocycles. The van der Waals surface area contributed by atoms with Crippen molar-refractivity contribution in [1.29, 1.82) is 0 Å². The number of phenols is 1. The second-order valence-electron chi connectivity index (χ2n) is 4.63. The Balaban J connectivity index is 2.07. The first kappa shape index (κ1) is 11.4. The van der Waals surface area contributed by atoms with Crippen LogP contribution in [0.5, 0.6) is 5.75 Å². The van der Waals surface area contributed by atoms with Gasteiger partial charge in [0.15, 0.2) is 0 Å². The van der Waals surface area contributed by atoms with E-state index in [2.05, 4.69) is 0 Å². The van der Waals surface area contributed by atoms with E-state index in [0.29, 0.717) is 5.75 Å². The van der Waals surface area contributed by atoms with Gasteiger partial charge in [-0.3, -0.25) is 0 Å². The van der Waals surface area contributed by atoms with Crippen LogP contribution >= 0.6 is 11.3 Å². The summed E-state index contributed by atoms with van der Waals surface area (Å²) < 4.78 is 6.99. The minimum Gasteiger partial charge on any atom is -0.507 e. The Bertz CT molecular complexity index is 910. The van der Waals surface area contributed by atoms with Gasteiger partial charge in [-0.15, -0.1) is 0 Å². The number of benzene rings is 3. The van der Waals surface area contributed by atoms with Crippen molar-refractivity contribution in [3.63, 3.8) is 0 Å². The Kier molecular flexibility index (Phi) is 2.47. The van der Waals surface area contributed by atoms with Crippen LogP contribution in [0.2, 0.25) is 0 Å². The van der Waals surface area contributed by atoms with E-state index in [-0.39, 0.29) is 0 Å². The third-order valence-electron chi connectivity index (χ3n) is 3.35. The van der Waals surface area contributed by atoms with E-state index in [1.165, 1.54) is 0 Å². The lowest BCUT2D eigenvalue weighted by Gasteiger charge is -1.96. The van der Waals surface area contributed by atoms with Crippen LogP contribution in [0.1, 0.15) is 0 Å². The molecule has 1 aromatic heterocycles. The first-order chi connectivity index (χ1) is 9.83. The van der Waals surface area contributed by atoms with Crippen molar-refractivity contribution in [1.82, 2.24) is 0 Å². The van der Waals surface area contributed by atoms with Gasteiger partial charge in [0.25, 0.3) is 0 Å². The van der Waals surface area contributed by atoms with Crippen LogP contribution in [0.3, 0.4) is 0 Å². The van der Waals surface area contributed by atoms with Crippen LogP contribution in [0.15, 0.2) is 65.1 Å².